The second-order valence-electron chi connectivity index (χ2n) is 10.9. The minimum absolute atomic E-state index is 0.0251. The Morgan fingerprint density at radius 1 is 1.08 bits per heavy atom. The van der Waals surface area contributed by atoms with Crippen molar-refractivity contribution in [3.05, 3.63) is 101 Å². The number of allylic oxidation sites excluding steroid dienone is 2. The predicted octanol–water partition coefficient (Wildman–Crippen LogP) is 6.92. The van der Waals surface area contributed by atoms with Crippen LogP contribution >= 0.6 is 0 Å². The average molecular weight is 510 g/mol. The number of likely N-dealkylation sites (tertiary alicyclic amines) is 1. The van der Waals surface area contributed by atoms with Crippen molar-refractivity contribution < 1.29 is 9.53 Å². The van der Waals surface area contributed by atoms with Gasteiger partial charge in [0.2, 0.25) is 0 Å². The molecule has 5 rings (SSSR count). The van der Waals surface area contributed by atoms with E-state index >= 15 is 0 Å². The molecule has 3 aromatic carbocycles. The number of carbonyl (C=O) groups excluding carboxylic acids is 1. The molecule has 5 nitrogen and oxygen atoms in total. The molecular formula is C33H39N3O2. The number of rotatable bonds is 7. The molecule has 5 heteroatoms. The summed E-state index contributed by atoms with van der Waals surface area (Å²) in [6, 6.07) is 22.6. The van der Waals surface area contributed by atoms with E-state index in [2.05, 4.69) is 62.5 Å². The lowest BCUT2D eigenvalue weighted by atomic mass is 9.74. The van der Waals surface area contributed by atoms with E-state index in [-0.39, 0.29) is 17.2 Å². The van der Waals surface area contributed by atoms with Crippen LogP contribution in [0.25, 0.3) is 0 Å². The molecule has 2 aliphatic heterocycles. The van der Waals surface area contributed by atoms with Gasteiger partial charge in [-0.15, -0.1) is 0 Å². The summed E-state index contributed by atoms with van der Waals surface area (Å²) in [5.74, 6) is 1.31. The zero-order valence-corrected chi connectivity index (χ0v) is 22.8. The van der Waals surface area contributed by atoms with Crippen LogP contribution in [0, 0.1) is 0 Å². The topological polar surface area (TPSA) is 67.6 Å². The minimum atomic E-state index is -0.0251. The van der Waals surface area contributed by atoms with Gasteiger partial charge in [0, 0.05) is 53.5 Å². The Morgan fingerprint density at radius 2 is 1.84 bits per heavy atom. The zero-order valence-electron chi connectivity index (χ0n) is 22.8. The first-order chi connectivity index (χ1) is 18.4. The third kappa shape index (κ3) is 5.21. The highest BCUT2D eigenvalue weighted by Crippen LogP contribution is 2.46. The van der Waals surface area contributed by atoms with E-state index in [0.29, 0.717) is 13.2 Å². The molecule has 198 valence electrons. The molecule has 1 spiro atoms. The standard InChI is InChI=1S/C33H39N3O2/c1-4-25(18-23(2)3)28-20-26(11-12-30(28)35-27-8-6-5-7-9-27)32(37)36-16-14-33(15-17-36)22-38-31-13-10-24(21-34)19-29(31)33/h5-13,18-20,25,35H,4,14-17,21-22,34H2,1-3H3. The van der Waals surface area contributed by atoms with Crippen LogP contribution in [-0.4, -0.2) is 30.5 Å². The Bertz CT molecular complexity index is 1320. The molecule has 0 aromatic heterocycles. The van der Waals surface area contributed by atoms with Gasteiger partial charge in [0.15, 0.2) is 0 Å². The van der Waals surface area contributed by atoms with Crippen molar-refractivity contribution in [3.8, 4) is 5.75 Å². The van der Waals surface area contributed by atoms with Gasteiger partial charge in [0.05, 0.1) is 6.61 Å². The van der Waals surface area contributed by atoms with Crippen molar-refractivity contribution in [3.63, 3.8) is 0 Å². The predicted molar refractivity (Wildman–Crippen MR) is 155 cm³/mol. The van der Waals surface area contributed by atoms with E-state index in [9.17, 15) is 4.79 Å². The van der Waals surface area contributed by atoms with Gasteiger partial charge < -0.3 is 20.7 Å². The molecule has 1 atom stereocenters. The molecular weight excluding hydrogens is 470 g/mol. The SMILES string of the molecule is CCC(C=C(C)C)c1cc(C(=O)N2CCC3(CC2)COc2ccc(CN)cc23)ccc1Nc1ccccc1. The molecule has 2 heterocycles. The van der Waals surface area contributed by atoms with Gasteiger partial charge >= 0.3 is 0 Å². The summed E-state index contributed by atoms with van der Waals surface area (Å²) in [5.41, 5.74) is 13.5. The number of nitrogens with two attached hydrogens (primary N) is 1. The fourth-order valence-electron chi connectivity index (χ4n) is 5.90. The number of carbonyl (C=O) groups is 1. The second-order valence-corrected chi connectivity index (χ2v) is 10.9. The fourth-order valence-corrected chi connectivity index (χ4v) is 5.90. The molecule has 2 aliphatic rings. The number of nitrogens with one attached hydrogen (secondary N) is 1. The number of benzene rings is 3. The maximum Gasteiger partial charge on any atom is 0.253 e. The first-order valence-electron chi connectivity index (χ1n) is 13.8. The van der Waals surface area contributed by atoms with E-state index in [4.69, 9.17) is 10.5 Å². The number of hydrogen-bond acceptors (Lipinski definition) is 4. The highest BCUT2D eigenvalue weighted by molar-refractivity contribution is 5.95. The fraction of sp³-hybridized carbons (Fsp3) is 0.364. The number of fused-ring (bicyclic) bond motifs is 2. The lowest BCUT2D eigenvalue weighted by Crippen LogP contribution is -2.46. The second kappa shape index (κ2) is 11.0. The summed E-state index contributed by atoms with van der Waals surface area (Å²) in [7, 11) is 0. The molecule has 0 saturated carbocycles. The minimum Gasteiger partial charge on any atom is -0.492 e. The van der Waals surface area contributed by atoms with Crippen LogP contribution in [0.5, 0.6) is 5.75 Å². The number of piperidine rings is 1. The maximum absolute atomic E-state index is 13.7. The van der Waals surface area contributed by atoms with Gasteiger partial charge in [-0.25, -0.2) is 0 Å². The van der Waals surface area contributed by atoms with Crippen LogP contribution in [0.2, 0.25) is 0 Å². The largest absolute Gasteiger partial charge is 0.492 e. The smallest absolute Gasteiger partial charge is 0.253 e. The molecule has 3 aromatic rings. The molecule has 0 aliphatic carbocycles. The number of para-hydroxylation sites is 1. The molecule has 3 N–H and O–H groups in total. The Hall–Kier alpha value is -3.57. The number of amides is 1. The van der Waals surface area contributed by atoms with E-state index in [1.807, 2.05) is 41.3 Å². The van der Waals surface area contributed by atoms with E-state index < -0.39 is 0 Å². The first kappa shape index (κ1) is 26.1. The van der Waals surface area contributed by atoms with Gasteiger partial charge in [-0.2, -0.15) is 0 Å². The quantitative estimate of drug-likeness (QED) is 0.340. The van der Waals surface area contributed by atoms with Crippen LogP contribution in [0.4, 0.5) is 11.4 Å². The number of ether oxygens (including phenoxy) is 1. The zero-order chi connectivity index (χ0) is 26.7. The van der Waals surface area contributed by atoms with Crippen LogP contribution < -0.4 is 15.8 Å². The Labute approximate surface area is 226 Å². The molecule has 0 bridgehead atoms. The van der Waals surface area contributed by atoms with Crippen LogP contribution in [0.15, 0.2) is 78.4 Å². The number of nitrogens with zero attached hydrogens (tertiary/aromatic N) is 1. The highest BCUT2D eigenvalue weighted by Gasteiger charge is 2.44. The molecule has 1 fully saturated rings. The van der Waals surface area contributed by atoms with Crippen molar-refractivity contribution in [2.24, 2.45) is 5.73 Å². The highest BCUT2D eigenvalue weighted by atomic mass is 16.5. The Balaban J connectivity index is 1.38. The van der Waals surface area contributed by atoms with Crippen molar-refractivity contribution in [1.82, 2.24) is 4.90 Å². The van der Waals surface area contributed by atoms with E-state index in [0.717, 1.165) is 66.2 Å². The summed E-state index contributed by atoms with van der Waals surface area (Å²) in [4.78, 5) is 15.8. The lowest BCUT2D eigenvalue weighted by molar-refractivity contribution is 0.0646. The van der Waals surface area contributed by atoms with E-state index in [1.54, 1.807) is 0 Å². The number of anilines is 2. The third-order valence-corrected chi connectivity index (χ3v) is 8.09. The van der Waals surface area contributed by atoms with Gasteiger partial charge in [0.25, 0.3) is 5.91 Å². The van der Waals surface area contributed by atoms with Crippen LogP contribution in [0.1, 0.15) is 73.0 Å². The van der Waals surface area contributed by atoms with E-state index in [1.165, 1.54) is 11.1 Å². The van der Waals surface area contributed by atoms with Crippen molar-refractivity contribution in [2.75, 3.05) is 25.0 Å². The van der Waals surface area contributed by atoms with Crippen LogP contribution in [0.3, 0.4) is 0 Å². The Morgan fingerprint density at radius 3 is 2.53 bits per heavy atom. The van der Waals surface area contributed by atoms with Crippen molar-refractivity contribution >= 4 is 17.3 Å². The molecule has 38 heavy (non-hydrogen) atoms. The summed E-state index contributed by atoms with van der Waals surface area (Å²) in [6.45, 7) is 9.12. The van der Waals surface area contributed by atoms with Crippen LogP contribution in [-0.2, 0) is 12.0 Å². The van der Waals surface area contributed by atoms with Gasteiger partial charge in [-0.1, -0.05) is 48.9 Å². The van der Waals surface area contributed by atoms with Gasteiger partial charge in [-0.05, 0) is 80.6 Å². The first-order valence-corrected chi connectivity index (χ1v) is 13.8. The van der Waals surface area contributed by atoms with Gasteiger partial charge in [-0.3, -0.25) is 4.79 Å². The average Bonchev–Trinajstić information content (AvgIpc) is 3.29. The maximum atomic E-state index is 13.7. The third-order valence-electron chi connectivity index (χ3n) is 8.09. The summed E-state index contributed by atoms with van der Waals surface area (Å²) in [5, 5.41) is 3.58. The molecule has 0 radical (unpaired) electrons. The van der Waals surface area contributed by atoms with Crippen molar-refractivity contribution in [1.29, 1.82) is 0 Å². The summed E-state index contributed by atoms with van der Waals surface area (Å²) in [6.07, 6.45) is 5.06. The number of hydrogen-bond donors (Lipinski definition) is 2. The molecule has 1 amide bonds. The van der Waals surface area contributed by atoms with Gasteiger partial charge in [0.1, 0.15) is 5.75 Å². The summed E-state index contributed by atoms with van der Waals surface area (Å²) >= 11 is 0. The normalized spacial score (nSPS) is 16.5. The molecule has 1 unspecified atom stereocenters. The Kier molecular flexibility index (Phi) is 7.57. The lowest BCUT2D eigenvalue weighted by Gasteiger charge is -2.38. The molecule has 1 saturated heterocycles. The monoisotopic (exact) mass is 509 g/mol. The van der Waals surface area contributed by atoms with Crippen molar-refractivity contribution in [2.45, 2.75) is 57.9 Å². The summed E-state index contributed by atoms with van der Waals surface area (Å²) < 4.78 is 6.06.